The van der Waals surface area contributed by atoms with Crippen LogP contribution >= 0.6 is 0 Å². The third kappa shape index (κ3) is 1.44. The van der Waals surface area contributed by atoms with Gasteiger partial charge in [-0.3, -0.25) is 0 Å². The van der Waals surface area contributed by atoms with E-state index in [2.05, 4.69) is 18.2 Å². The molecule has 0 aliphatic heterocycles. The number of anilines is 1. The van der Waals surface area contributed by atoms with E-state index in [9.17, 15) is 0 Å². The van der Waals surface area contributed by atoms with E-state index in [0.717, 1.165) is 22.0 Å². The van der Waals surface area contributed by atoms with Crippen molar-refractivity contribution in [3.8, 4) is 0 Å². The molecule has 0 fully saturated rings. The maximum Gasteiger partial charge on any atom is 0.0393 e. The smallest absolute Gasteiger partial charge is 0.0393 e. The van der Waals surface area contributed by atoms with E-state index < -0.39 is 0 Å². The molecule has 0 aromatic heterocycles. The summed E-state index contributed by atoms with van der Waals surface area (Å²) in [5, 5.41) is 2.25. The van der Waals surface area contributed by atoms with Crippen molar-refractivity contribution in [2.75, 3.05) is 5.73 Å². The van der Waals surface area contributed by atoms with Gasteiger partial charge in [-0.15, -0.1) is 0 Å². The summed E-state index contributed by atoms with van der Waals surface area (Å²) in [5.41, 5.74) is 13.6. The van der Waals surface area contributed by atoms with Crippen molar-refractivity contribution in [2.24, 2.45) is 5.73 Å². The predicted molar refractivity (Wildman–Crippen MR) is 61.0 cm³/mol. The first-order chi connectivity index (χ1) is 6.68. The van der Waals surface area contributed by atoms with Crippen molar-refractivity contribution in [2.45, 2.75) is 13.0 Å². The van der Waals surface area contributed by atoms with Gasteiger partial charge >= 0.3 is 0 Å². The Bertz CT molecular complexity index is 461. The normalized spacial score (nSPS) is 13.0. The summed E-state index contributed by atoms with van der Waals surface area (Å²) in [5.74, 6) is 0. The van der Waals surface area contributed by atoms with Gasteiger partial charge in [-0.2, -0.15) is 0 Å². The van der Waals surface area contributed by atoms with Crippen LogP contribution in [0.4, 0.5) is 5.69 Å². The fraction of sp³-hybridized carbons (Fsp3) is 0.167. The van der Waals surface area contributed by atoms with Crippen LogP contribution in [0.1, 0.15) is 18.5 Å². The molecule has 14 heavy (non-hydrogen) atoms. The number of hydrogen-bond acceptors (Lipinski definition) is 2. The van der Waals surface area contributed by atoms with Gasteiger partial charge in [-0.1, -0.05) is 24.3 Å². The summed E-state index contributed by atoms with van der Waals surface area (Å²) in [4.78, 5) is 0. The third-order valence-electron chi connectivity index (χ3n) is 2.47. The van der Waals surface area contributed by atoms with Crippen LogP contribution in [-0.4, -0.2) is 0 Å². The zero-order valence-corrected chi connectivity index (χ0v) is 8.20. The van der Waals surface area contributed by atoms with Crippen molar-refractivity contribution in [1.29, 1.82) is 0 Å². The molecule has 0 spiro atoms. The molecule has 0 radical (unpaired) electrons. The molecule has 2 aromatic rings. The first-order valence-corrected chi connectivity index (χ1v) is 4.72. The lowest BCUT2D eigenvalue weighted by atomic mass is 10.0. The van der Waals surface area contributed by atoms with Crippen LogP contribution < -0.4 is 11.5 Å². The van der Waals surface area contributed by atoms with Crippen LogP contribution in [-0.2, 0) is 0 Å². The van der Waals surface area contributed by atoms with Gasteiger partial charge < -0.3 is 11.5 Å². The summed E-state index contributed by atoms with van der Waals surface area (Å²) in [7, 11) is 0. The zero-order valence-electron chi connectivity index (χ0n) is 8.20. The monoisotopic (exact) mass is 186 g/mol. The zero-order chi connectivity index (χ0) is 10.1. The largest absolute Gasteiger partial charge is 0.398 e. The SMILES string of the molecule is C[C@@H](N)c1ccc2cccc(N)c2c1. The van der Waals surface area contributed by atoms with Crippen LogP contribution in [0.3, 0.4) is 0 Å². The molecule has 0 aliphatic carbocycles. The second kappa shape index (κ2) is 3.31. The molecule has 0 unspecified atom stereocenters. The van der Waals surface area contributed by atoms with Crippen molar-refractivity contribution >= 4 is 16.5 Å². The Morgan fingerprint density at radius 2 is 1.93 bits per heavy atom. The lowest BCUT2D eigenvalue weighted by Gasteiger charge is -2.08. The minimum Gasteiger partial charge on any atom is -0.398 e. The molecular formula is C12H14N2. The average Bonchev–Trinajstić information content (AvgIpc) is 2.18. The molecule has 0 saturated heterocycles. The Morgan fingerprint density at radius 3 is 2.64 bits per heavy atom. The Labute approximate surface area is 83.5 Å². The number of nitrogens with two attached hydrogens (primary N) is 2. The summed E-state index contributed by atoms with van der Waals surface area (Å²) < 4.78 is 0. The fourth-order valence-corrected chi connectivity index (χ4v) is 1.60. The predicted octanol–water partition coefficient (Wildman–Crippen LogP) is 2.44. The van der Waals surface area contributed by atoms with Crippen molar-refractivity contribution < 1.29 is 0 Å². The van der Waals surface area contributed by atoms with E-state index >= 15 is 0 Å². The number of hydrogen-bond donors (Lipinski definition) is 2. The Kier molecular flexibility index (Phi) is 2.14. The standard InChI is InChI=1S/C12H14N2/c1-8(13)10-6-5-9-3-2-4-12(14)11(9)7-10/h2-8H,13-14H2,1H3/t8-/m1/s1. The highest BCUT2D eigenvalue weighted by Crippen LogP contribution is 2.23. The first kappa shape index (κ1) is 9.03. The van der Waals surface area contributed by atoms with Gasteiger partial charge in [0.25, 0.3) is 0 Å². The highest BCUT2D eigenvalue weighted by Gasteiger charge is 2.02. The molecule has 2 nitrogen and oxygen atoms in total. The van der Waals surface area contributed by atoms with Crippen LogP contribution in [0.25, 0.3) is 10.8 Å². The van der Waals surface area contributed by atoms with Gasteiger partial charge in [0.1, 0.15) is 0 Å². The second-order valence-corrected chi connectivity index (χ2v) is 3.62. The third-order valence-corrected chi connectivity index (χ3v) is 2.47. The van der Waals surface area contributed by atoms with Crippen molar-refractivity contribution in [1.82, 2.24) is 0 Å². The molecule has 0 amide bonds. The van der Waals surface area contributed by atoms with Crippen molar-refractivity contribution in [3.05, 3.63) is 42.0 Å². The molecule has 1 atom stereocenters. The molecule has 2 heteroatoms. The van der Waals surface area contributed by atoms with E-state index in [1.54, 1.807) is 0 Å². The highest BCUT2D eigenvalue weighted by molar-refractivity contribution is 5.93. The number of benzene rings is 2. The second-order valence-electron chi connectivity index (χ2n) is 3.62. The molecule has 72 valence electrons. The van der Waals surface area contributed by atoms with Gasteiger partial charge in [0, 0.05) is 17.1 Å². The number of nitrogen functional groups attached to an aromatic ring is 1. The molecule has 2 aromatic carbocycles. The summed E-state index contributed by atoms with van der Waals surface area (Å²) in [6.45, 7) is 1.97. The van der Waals surface area contributed by atoms with Gasteiger partial charge in [0.15, 0.2) is 0 Å². The molecule has 4 N–H and O–H groups in total. The quantitative estimate of drug-likeness (QED) is 0.672. The van der Waals surface area contributed by atoms with Crippen molar-refractivity contribution in [3.63, 3.8) is 0 Å². The van der Waals surface area contributed by atoms with E-state index in [1.165, 1.54) is 0 Å². The Hall–Kier alpha value is -1.54. The van der Waals surface area contributed by atoms with Crippen LogP contribution in [0, 0.1) is 0 Å². The van der Waals surface area contributed by atoms with E-state index in [-0.39, 0.29) is 6.04 Å². The van der Waals surface area contributed by atoms with Gasteiger partial charge in [0.05, 0.1) is 0 Å². The summed E-state index contributed by atoms with van der Waals surface area (Å²) in [6.07, 6.45) is 0. The van der Waals surface area contributed by atoms with Gasteiger partial charge in [0.2, 0.25) is 0 Å². The lowest BCUT2D eigenvalue weighted by Crippen LogP contribution is -2.04. The first-order valence-electron chi connectivity index (χ1n) is 4.72. The highest BCUT2D eigenvalue weighted by atomic mass is 14.6. The van der Waals surface area contributed by atoms with Crippen LogP contribution in [0.2, 0.25) is 0 Å². The molecule has 0 saturated carbocycles. The summed E-state index contributed by atoms with van der Waals surface area (Å²) in [6, 6.07) is 12.2. The van der Waals surface area contributed by atoms with Crippen LogP contribution in [0.5, 0.6) is 0 Å². The van der Waals surface area contributed by atoms with E-state index in [1.807, 2.05) is 25.1 Å². The molecule has 0 bridgehead atoms. The molecular weight excluding hydrogens is 172 g/mol. The van der Waals surface area contributed by atoms with Gasteiger partial charge in [-0.25, -0.2) is 0 Å². The maximum atomic E-state index is 5.88. The van der Waals surface area contributed by atoms with Gasteiger partial charge in [-0.05, 0) is 30.0 Å². The van der Waals surface area contributed by atoms with E-state index in [0.29, 0.717) is 0 Å². The minimum atomic E-state index is 0.0546. The van der Waals surface area contributed by atoms with E-state index in [4.69, 9.17) is 11.5 Å². The molecule has 0 aliphatic rings. The maximum absolute atomic E-state index is 5.88. The van der Waals surface area contributed by atoms with Crippen LogP contribution in [0.15, 0.2) is 36.4 Å². The number of rotatable bonds is 1. The minimum absolute atomic E-state index is 0.0546. The average molecular weight is 186 g/mol. The fourth-order valence-electron chi connectivity index (χ4n) is 1.60. The lowest BCUT2D eigenvalue weighted by molar-refractivity contribution is 0.820. The topological polar surface area (TPSA) is 52.0 Å². The molecule has 2 rings (SSSR count). The Balaban J connectivity index is 2.70. The number of fused-ring (bicyclic) bond motifs is 1. The molecule has 0 heterocycles. The summed E-state index contributed by atoms with van der Waals surface area (Å²) >= 11 is 0. The Morgan fingerprint density at radius 1 is 1.14 bits per heavy atom.